The van der Waals surface area contributed by atoms with Crippen molar-refractivity contribution in [3.8, 4) is 0 Å². The molecule has 1 N–H and O–H groups in total. The first-order valence-electron chi connectivity index (χ1n) is 4.97. The van der Waals surface area contributed by atoms with E-state index in [0.29, 0.717) is 5.92 Å². The lowest BCUT2D eigenvalue weighted by molar-refractivity contribution is 0.554. The first kappa shape index (κ1) is 9.94. The first-order chi connectivity index (χ1) is 6.86. The van der Waals surface area contributed by atoms with Gasteiger partial charge in [-0.3, -0.25) is 0 Å². The van der Waals surface area contributed by atoms with Gasteiger partial charge in [-0.25, -0.2) is 0 Å². The van der Waals surface area contributed by atoms with E-state index < -0.39 is 0 Å². The summed E-state index contributed by atoms with van der Waals surface area (Å²) in [5.41, 5.74) is 1.39. The van der Waals surface area contributed by atoms with Crippen molar-refractivity contribution in [3.63, 3.8) is 0 Å². The summed E-state index contributed by atoms with van der Waals surface area (Å²) in [4.78, 5) is 0. The summed E-state index contributed by atoms with van der Waals surface area (Å²) in [6, 6.07) is 8.45. The third kappa shape index (κ3) is 2.46. The third-order valence-electron chi connectivity index (χ3n) is 2.52. The van der Waals surface area contributed by atoms with E-state index in [1.807, 2.05) is 0 Å². The molecule has 0 bridgehead atoms. The van der Waals surface area contributed by atoms with Crippen LogP contribution in [-0.2, 0) is 6.42 Å². The molecule has 0 aliphatic carbocycles. The zero-order chi connectivity index (χ0) is 9.80. The van der Waals surface area contributed by atoms with E-state index in [-0.39, 0.29) is 0 Å². The molecule has 1 aliphatic rings. The summed E-state index contributed by atoms with van der Waals surface area (Å²) in [6.45, 7) is 2.12. The Morgan fingerprint density at radius 2 is 2.21 bits per heavy atom. The normalized spacial score (nSPS) is 21.1. The smallest absolute Gasteiger partial charge is 0.0207 e. The van der Waals surface area contributed by atoms with Crippen molar-refractivity contribution in [1.82, 2.24) is 5.32 Å². The fourth-order valence-corrected chi connectivity index (χ4v) is 2.21. The molecule has 1 heterocycles. The largest absolute Gasteiger partial charge is 0.313 e. The van der Waals surface area contributed by atoms with Gasteiger partial charge in [0.2, 0.25) is 0 Å². The molecule has 1 nitrogen and oxygen atoms in total. The number of rotatable bonds is 2. The van der Waals surface area contributed by atoms with Gasteiger partial charge in [0, 0.05) is 17.6 Å². The molecule has 0 fully saturated rings. The van der Waals surface area contributed by atoms with Gasteiger partial charge in [-0.2, -0.15) is 0 Å². The van der Waals surface area contributed by atoms with Crippen molar-refractivity contribution in [2.75, 3.05) is 13.1 Å². The van der Waals surface area contributed by atoms with E-state index in [1.54, 1.807) is 0 Å². The zero-order valence-electron chi connectivity index (χ0n) is 8.04. The van der Waals surface area contributed by atoms with Crippen LogP contribution in [0, 0.1) is 5.92 Å². The molecule has 2 rings (SSSR count). The lowest BCUT2D eigenvalue weighted by atomic mass is 9.97. The second-order valence-electron chi connectivity index (χ2n) is 3.64. The van der Waals surface area contributed by atoms with Crippen LogP contribution in [0.3, 0.4) is 0 Å². The van der Waals surface area contributed by atoms with E-state index in [4.69, 9.17) is 0 Å². The molecule has 0 aromatic heterocycles. The highest BCUT2D eigenvalue weighted by molar-refractivity contribution is 9.10. The van der Waals surface area contributed by atoms with Crippen LogP contribution in [0.2, 0.25) is 0 Å². The molecule has 1 aliphatic heterocycles. The van der Waals surface area contributed by atoms with Crippen LogP contribution in [0.5, 0.6) is 0 Å². The fourth-order valence-electron chi connectivity index (χ4n) is 1.77. The molecule has 1 aromatic carbocycles. The van der Waals surface area contributed by atoms with Gasteiger partial charge >= 0.3 is 0 Å². The number of hydrogen-bond acceptors (Lipinski definition) is 1. The summed E-state index contributed by atoms with van der Waals surface area (Å²) in [6.07, 6.45) is 5.64. The van der Waals surface area contributed by atoms with Gasteiger partial charge in [-0.1, -0.05) is 46.3 Å². The maximum atomic E-state index is 3.58. The Morgan fingerprint density at radius 1 is 1.36 bits per heavy atom. The second kappa shape index (κ2) is 4.76. The highest BCUT2D eigenvalue weighted by Gasteiger charge is 2.09. The molecule has 0 saturated carbocycles. The van der Waals surface area contributed by atoms with Crippen molar-refractivity contribution < 1.29 is 0 Å². The molecular weight excluding hydrogens is 238 g/mol. The quantitative estimate of drug-likeness (QED) is 0.798. The molecule has 0 amide bonds. The summed E-state index contributed by atoms with van der Waals surface area (Å²) in [5.74, 6) is 0.641. The highest BCUT2D eigenvalue weighted by Crippen LogP contribution is 2.20. The monoisotopic (exact) mass is 251 g/mol. The topological polar surface area (TPSA) is 12.0 Å². The van der Waals surface area contributed by atoms with Crippen molar-refractivity contribution in [2.45, 2.75) is 6.42 Å². The van der Waals surface area contributed by atoms with Crippen molar-refractivity contribution in [3.05, 3.63) is 46.5 Å². The molecule has 14 heavy (non-hydrogen) atoms. The van der Waals surface area contributed by atoms with E-state index in [0.717, 1.165) is 19.5 Å². The summed E-state index contributed by atoms with van der Waals surface area (Å²) in [5, 5.41) is 3.37. The Balaban J connectivity index is 2.06. The Bertz CT molecular complexity index is 333. The van der Waals surface area contributed by atoms with E-state index in [2.05, 4.69) is 57.7 Å². The van der Waals surface area contributed by atoms with Gasteiger partial charge < -0.3 is 5.32 Å². The Morgan fingerprint density at radius 3 is 2.93 bits per heavy atom. The molecule has 1 aromatic rings. The molecule has 74 valence electrons. The molecule has 2 heteroatoms. The Hall–Kier alpha value is -0.600. The lowest BCUT2D eigenvalue weighted by Gasteiger charge is -2.17. The van der Waals surface area contributed by atoms with Crippen LogP contribution in [-0.4, -0.2) is 13.1 Å². The van der Waals surface area contributed by atoms with E-state index >= 15 is 0 Å². The van der Waals surface area contributed by atoms with Crippen LogP contribution in [0.25, 0.3) is 0 Å². The zero-order valence-corrected chi connectivity index (χ0v) is 9.63. The van der Waals surface area contributed by atoms with Crippen LogP contribution < -0.4 is 5.32 Å². The predicted molar refractivity (Wildman–Crippen MR) is 63.3 cm³/mol. The van der Waals surface area contributed by atoms with E-state index in [1.165, 1.54) is 10.0 Å². The van der Waals surface area contributed by atoms with Crippen LogP contribution in [0.4, 0.5) is 0 Å². The predicted octanol–water partition coefficient (Wildman–Crippen LogP) is 2.77. The molecular formula is C12H14BrN. The van der Waals surface area contributed by atoms with Crippen LogP contribution in [0.1, 0.15) is 5.56 Å². The van der Waals surface area contributed by atoms with Crippen LogP contribution in [0.15, 0.2) is 40.9 Å². The first-order valence-corrected chi connectivity index (χ1v) is 5.76. The van der Waals surface area contributed by atoms with Crippen molar-refractivity contribution in [2.24, 2.45) is 5.92 Å². The highest BCUT2D eigenvalue weighted by atomic mass is 79.9. The Kier molecular flexibility index (Phi) is 3.38. The van der Waals surface area contributed by atoms with Gasteiger partial charge in [-0.05, 0) is 24.0 Å². The fraction of sp³-hybridized carbons (Fsp3) is 0.333. The number of benzene rings is 1. The minimum atomic E-state index is 0.641. The number of halogens is 1. The average molecular weight is 252 g/mol. The van der Waals surface area contributed by atoms with Gasteiger partial charge in [0.1, 0.15) is 0 Å². The van der Waals surface area contributed by atoms with Crippen molar-refractivity contribution >= 4 is 15.9 Å². The molecule has 0 spiro atoms. The number of nitrogens with one attached hydrogen (secondary N) is 1. The van der Waals surface area contributed by atoms with Crippen LogP contribution >= 0.6 is 15.9 Å². The Labute approximate surface area is 93.3 Å². The number of hydrogen-bond donors (Lipinski definition) is 1. The second-order valence-corrected chi connectivity index (χ2v) is 4.50. The molecule has 0 radical (unpaired) electrons. The lowest BCUT2D eigenvalue weighted by Crippen LogP contribution is -2.27. The van der Waals surface area contributed by atoms with Gasteiger partial charge in [0.15, 0.2) is 0 Å². The standard InChI is InChI=1S/C12H14BrN/c13-12-6-2-1-5-11(12)8-10-4-3-7-14-9-10/h1-6,10,14H,7-9H2. The van der Waals surface area contributed by atoms with Gasteiger partial charge in [0.25, 0.3) is 0 Å². The maximum absolute atomic E-state index is 3.58. The van der Waals surface area contributed by atoms with Gasteiger partial charge in [-0.15, -0.1) is 0 Å². The van der Waals surface area contributed by atoms with E-state index in [9.17, 15) is 0 Å². The van der Waals surface area contributed by atoms with Crippen molar-refractivity contribution in [1.29, 1.82) is 0 Å². The summed E-state index contributed by atoms with van der Waals surface area (Å²) < 4.78 is 1.22. The third-order valence-corrected chi connectivity index (χ3v) is 3.29. The SMILES string of the molecule is Brc1ccccc1CC1C=CCNC1. The molecule has 1 atom stereocenters. The average Bonchev–Trinajstić information content (AvgIpc) is 2.23. The summed E-state index contributed by atoms with van der Waals surface area (Å²) in [7, 11) is 0. The molecule has 0 saturated heterocycles. The molecule has 1 unspecified atom stereocenters. The maximum Gasteiger partial charge on any atom is 0.0207 e. The summed E-state index contributed by atoms with van der Waals surface area (Å²) >= 11 is 3.58. The minimum Gasteiger partial charge on any atom is -0.313 e. The minimum absolute atomic E-state index is 0.641. The van der Waals surface area contributed by atoms with Gasteiger partial charge in [0.05, 0.1) is 0 Å².